The highest BCUT2D eigenvalue weighted by Gasteiger charge is 2.23. The lowest BCUT2D eigenvalue weighted by atomic mass is 9.79. The van der Waals surface area contributed by atoms with E-state index in [0.29, 0.717) is 5.92 Å². The van der Waals surface area contributed by atoms with Gasteiger partial charge in [0.15, 0.2) is 0 Å². The maximum Gasteiger partial charge on any atom is 0.0461 e. The van der Waals surface area contributed by atoms with E-state index in [-0.39, 0.29) is 5.41 Å². The summed E-state index contributed by atoms with van der Waals surface area (Å²) in [5, 5.41) is 0. The Labute approximate surface area is 145 Å². The largest absolute Gasteiger partial charge is 0.311 e. The minimum atomic E-state index is 0.0807. The van der Waals surface area contributed by atoms with Crippen molar-refractivity contribution in [2.24, 2.45) is 11.3 Å². The van der Waals surface area contributed by atoms with E-state index in [2.05, 4.69) is 117 Å². The van der Waals surface area contributed by atoms with E-state index in [1.54, 1.807) is 0 Å². The first-order valence-corrected chi connectivity index (χ1v) is 8.59. The second-order valence-electron chi connectivity index (χ2n) is 6.81. The third kappa shape index (κ3) is 3.35. The van der Waals surface area contributed by atoms with Crippen LogP contribution in [0.2, 0.25) is 0 Å². The molecule has 0 amide bonds. The fourth-order valence-electron chi connectivity index (χ4n) is 2.87. The smallest absolute Gasteiger partial charge is 0.0461 e. The Balaban J connectivity index is 2.05. The minimum absolute atomic E-state index is 0.0807. The molecule has 122 valence electrons. The summed E-state index contributed by atoms with van der Waals surface area (Å²) < 4.78 is 0. The van der Waals surface area contributed by atoms with Crippen LogP contribution in [0.15, 0.2) is 96.7 Å². The Morgan fingerprint density at radius 2 is 1.33 bits per heavy atom. The standard InChI is InChI=1S/C23H25N/c1-19(2)23(3)17-10-15-22(16-18-23)24(20-11-6-4-7-12-20)21-13-8-5-9-14-21/h4-19H,1-3H3. The van der Waals surface area contributed by atoms with Crippen LogP contribution in [-0.4, -0.2) is 0 Å². The first-order valence-electron chi connectivity index (χ1n) is 8.59. The summed E-state index contributed by atoms with van der Waals surface area (Å²) in [4.78, 5) is 2.30. The SMILES string of the molecule is CC(C)C1(C)C=CC=C(N(c2ccccc2)c2ccccc2)C=C1. The van der Waals surface area contributed by atoms with E-state index in [9.17, 15) is 0 Å². The van der Waals surface area contributed by atoms with Gasteiger partial charge >= 0.3 is 0 Å². The number of nitrogens with zero attached hydrogens (tertiary/aromatic N) is 1. The van der Waals surface area contributed by atoms with E-state index >= 15 is 0 Å². The van der Waals surface area contributed by atoms with Gasteiger partial charge in [0.05, 0.1) is 0 Å². The second kappa shape index (κ2) is 6.92. The average Bonchev–Trinajstić information content (AvgIpc) is 2.80. The van der Waals surface area contributed by atoms with E-state index < -0.39 is 0 Å². The second-order valence-corrected chi connectivity index (χ2v) is 6.81. The molecular weight excluding hydrogens is 290 g/mol. The monoisotopic (exact) mass is 315 g/mol. The van der Waals surface area contributed by atoms with Crippen LogP contribution in [0.4, 0.5) is 11.4 Å². The van der Waals surface area contributed by atoms with Gasteiger partial charge in [-0.15, -0.1) is 0 Å². The topological polar surface area (TPSA) is 3.24 Å². The van der Waals surface area contributed by atoms with Crippen molar-refractivity contribution < 1.29 is 0 Å². The van der Waals surface area contributed by atoms with Crippen molar-refractivity contribution in [2.45, 2.75) is 20.8 Å². The Kier molecular flexibility index (Phi) is 4.71. The molecule has 0 saturated heterocycles. The van der Waals surface area contributed by atoms with Crippen LogP contribution < -0.4 is 4.90 Å². The van der Waals surface area contributed by atoms with Crippen molar-refractivity contribution in [1.29, 1.82) is 0 Å². The lowest BCUT2D eigenvalue weighted by Gasteiger charge is -2.28. The normalized spacial score (nSPS) is 19.9. The maximum atomic E-state index is 2.33. The van der Waals surface area contributed by atoms with Gasteiger partial charge in [-0.1, -0.05) is 75.4 Å². The van der Waals surface area contributed by atoms with Gasteiger partial charge in [-0.05, 0) is 42.3 Å². The van der Waals surface area contributed by atoms with E-state index in [4.69, 9.17) is 0 Å². The molecule has 1 nitrogen and oxygen atoms in total. The van der Waals surface area contributed by atoms with Crippen molar-refractivity contribution in [3.8, 4) is 0 Å². The summed E-state index contributed by atoms with van der Waals surface area (Å²) in [7, 11) is 0. The molecule has 1 heteroatoms. The van der Waals surface area contributed by atoms with Crippen LogP contribution in [0, 0.1) is 11.3 Å². The zero-order valence-electron chi connectivity index (χ0n) is 14.7. The third-order valence-electron chi connectivity index (χ3n) is 4.87. The molecular formula is C23H25N. The number of benzene rings is 2. The minimum Gasteiger partial charge on any atom is -0.311 e. The van der Waals surface area contributed by atoms with E-state index in [0.717, 1.165) is 0 Å². The van der Waals surface area contributed by atoms with Gasteiger partial charge < -0.3 is 4.90 Å². The maximum absolute atomic E-state index is 2.33. The fraction of sp³-hybridized carbons (Fsp3) is 0.217. The summed E-state index contributed by atoms with van der Waals surface area (Å²) in [5.74, 6) is 0.555. The molecule has 24 heavy (non-hydrogen) atoms. The first kappa shape index (κ1) is 16.3. The van der Waals surface area contributed by atoms with Gasteiger partial charge in [-0.3, -0.25) is 0 Å². The van der Waals surface area contributed by atoms with Gasteiger partial charge in [-0.2, -0.15) is 0 Å². The molecule has 1 aliphatic rings. The lowest BCUT2D eigenvalue weighted by molar-refractivity contribution is 0.383. The predicted octanol–water partition coefficient (Wildman–Crippen LogP) is 6.50. The van der Waals surface area contributed by atoms with Crippen LogP contribution >= 0.6 is 0 Å². The Hall–Kier alpha value is -2.54. The van der Waals surface area contributed by atoms with Crippen molar-refractivity contribution in [1.82, 2.24) is 0 Å². The molecule has 0 bridgehead atoms. The summed E-state index contributed by atoms with van der Waals surface area (Å²) in [6.45, 7) is 6.83. The summed E-state index contributed by atoms with van der Waals surface area (Å²) in [5.41, 5.74) is 3.59. The summed E-state index contributed by atoms with van der Waals surface area (Å²) in [6.07, 6.45) is 11.3. The van der Waals surface area contributed by atoms with Gasteiger partial charge in [0.1, 0.15) is 0 Å². The quantitative estimate of drug-likeness (QED) is 0.622. The number of para-hydroxylation sites is 2. The molecule has 1 aliphatic carbocycles. The molecule has 0 spiro atoms. The van der Waals surface area contributed by atoms with E-state index in [1.807, 2.05) is 0 Å². The fourth-order valence-corrected chi connectivity index (χ4v) is 2.87. The molecule has 0 aliphatic heterocycles. The first-order chi connectivity index (χ1) is 11.6. The van der Waals surface area contributed by atoms with Crippen LogP contribution in [0.1, 0.15) is 20.8 Å². The lowest BCUT2D eigenvalue weighted by Crippen LogP contribution is -2.18. The van der Waals surface area contributed by atoms with Gasteiger partial charge in [0, 0.05) is 22.5 Å². The highest BCUT2D eigenvalue weighted by Crippen LogP contribution is 2.36. The highest BCUT2D eigenvalue weighted by molar-refractivity contribution is 5.70. The van der Waals surface area contributed by atoms with Crippen molar-refractivity contribution >= 4 is 11.4 Å². The van der Waals surface area contributed by atoms with Crippen LogP contribution in [0.25, 0.3) is 0 Å². The number of rotatable bonds is 4. The van der Waals surface area contributed by atoms with Crippen molar-refractivity contribution in [2.75, 3.05) is 4.90 Å². The Morgan fingerprint density at radius 1 is 0.792 bits per heavy atom. The molecule has 0 heterocycles. The van der Waals surface area contributed by atoms with Crippen LogP contribution in [0.3, 0.4) is 0 Å². The zero-order valence-corrected chi connectivity index (χ0v) is 14.7. The molecule has 0 fully saturated rings. The van der Waals surface area contributed by atoms with Gasteiger partial charge in [0.2, 0.25) is 0 Å². The Morgan fingerprint density at radius 3 is 1.83 bits per heavy atom. The number of anilines is 2. The average molecular weight is 315 g/mol. The molecule has 0 saturated carbocycles. The van der Waals surface area contributed by atoms with Gasteiger partial charge in [0.25, 0.3) is 0 Å². The Bertz CT molecular complexity index is 714. The van der Waals surface area contributed by atoms with Crippen molar-refractivity contribution in [3.63, 3.8) is 0 Å². The van der Waals surface area contributed by atoms with Crippen LogP contribution in [-0.2, 0) is 0 Å². The summed E-state index contributed by atoms with van der Waals surface area (Å²) >= 11 is 0. The third-order valence-corrected chi connectivity index (χ3v) is 4.87. The number of allylic oxidation sites excluding steroid dienone is 5. The molecule has 0 radical (unpaired) electrons. The molecule has 2 aromatic carbocycles. The van der Waals surface area contributed by atoms with Gasteiger partial charge in [-0.25, -0.2) is 0 Å². The number of hydrogen-bond donors (Lipinski definition) is 0. The highest BCUT2D eigenvalue weighted by atomic mass is 15.1. The van der Waals surface area contributed by atoms with E-state index in [1.165, 1.54) is 17.1 Å². The molecule has 0 N–H and O–H groups in total. The molecule has 1 unspecified atom stereocenters. The molecule has 1 atom stereocenters. The number of hydrogen-bond acceptors (Lipinski definition) is 1. The molecule has 3 rings (SSSR count). The molecule has 0 aromatic heterocycles. The summed E-state index contributed by atoms with van der Waals surface area (Å²) in [6, 6.07) is 21.0. The van der Waals surface area contributed by atoms with Crippen molar-refractivity contribution in [3.05, 3.63) is 96.7 Å². The zero-order chi connectivity index (χ0) is 17.0. The predicted molar refractivity (Wildman–Crippen MR) is 104 cm³/mol. The van der Waals surface area contributed by atoms with Crippen LogP contribution in [0.5, 0.6) is 0 Å². The molecule has 2 aromatic rings.